The fraction of sp³-hybridized carbons (Fsp3) is 0.0714. The number of halogens is 1. The molecule has 18 heavy (non-hydrogen) atoms. The molecule has 0 fully saturated rings. The first-order valence-corrected chi connectivity index (χ1v) is 6.89. The summed E-state index contributed by atoms with van der Waals surface area (Å²) in [5.74, 6) is -0.119. The van der Waals surface area contributed by atoms with Crippen molar-refractivity contribution in [3.05, 3.63) is 59.1 Å². The van der Waals surface area contributed by atoms with Crippen molar-refractivity contribution in [2.75, 3.05) is 0 Å². The summed E-state index contributed by atoms with van der Waals surface area (Å²) < 4.78 is 12.4. The molecule has 0 amide bonds. The molecule has 0 saturated heterocycles. The normalized spacial score (nSPS) is 12.2. The Balaban J connectivity index is 2.50. The number of rotatable bonds is 3. The average molecular weight is 279 g/mol. The molecule has 4 heteroatoms. The van der Waals surface area contributed by atoms with E-state index in [4.69, 9.17) is 11.6 Å². The molecule has 0 aliphatic heterocycles. The van der Waals surface area contributed by atoms with E-state index in [1.54, 1.807) is 30.3 Å². The number of Topliss-reactive ketones (excluding diaryl/α,β-unsaturated/α-hetero) is 1. The molecule has 2 rings (SSSR count). The molecule has 0 bridgehead atoms. The van der Waals surface area contributed by atoms with Gasteiger partial charge >= 0.3 is 0 Å². The molecule has 0 aromatic heterocycles. The topological polar surface area (TPSA) is 40.1 Å². The minimum absolute atomic E-state index is 0.119. The van der Waals surface area contributed by atoms with Crippen molar-refractivity contribution in [2.45, 2.75) is 16.7 Å². The summed E-state index contributed by atoms with van der Waals surface area (Å²) in [7, 11) is 0. The Kier molecular flexibility index (Phi) is 4.07. The Morgan fingerprint density at radius 3 is 2.44 bits per heavy atom. The second-order valence-corrected chi connectivity index (χ2v) is 5.66. The fourth-order valence-electron chi connectivity index (χ4n) is 1.61. The van der Waals surface area contributed by atoms with Gasteiger partial charge in [-0.25, -0.2) is 0 Å². The molecular formula is C14H11ClO2S. The van der Waals surface area contributed by atoms with E-state index in [0.29, 0.717) is 20.4 Å². The van der Waals surface area contributed by atoms with Crippen molar-refractivity contribution in [2.24, 2.45) is 0 Å². The van der Waals surface area contributed by atoms with Crippen molar-refractivity contribution >= 4 is 28.6 Å². The van der Waals surface area contributed by atoms with Gasteiger partial charge in [-0.05, 0) is 31.2 Å². The first-order chi connectivity index (χ1) is 8.59. The lowest BCUT2D eigenvalue weighted by molar-refractivity contribution is 0.101. The van der Waals surface area contributed by atoms with Crippen LogP contribution in [0.5, 0.6) is 0 Å². The maximum atomic E-state index is 12.4. The van der Waals surface area contributed by atoms with Crippen LogP contribution in [-0.4, -0.2) is 10.3 Å². The molecule has 0 spiro atoms. The van der Waals surface area contributed by atoms with Gasteiger partial charge < -0.3 is 4.55 Å². The lowest BCUT2D eigenvalue weighted by Crippen LogP contribution is -2.08. The van der Waals surface area contributed by atoms with Crippen LogP contribution in [0.4, 0.5) is 0 Å². The molecule has 0 N–H and O–H groups in total. The van der Waals surface area contributed by atoms with Gasteiger partial charge in [-0.3, -0.25) is 4.79 Å². The SMILES string of the molecule is CC(=O)c1ccc(Cl)cc1[S+]([O-])c1ccccc1. The van der Waals surface area contributed by atoms with Crippen molar-refractivity contribution < 1.29 is 9.35 Å². The van der Waals surface area contributed by atoms with E-state index in [9.17, 15) is 9.35 Å². The average Bonchev–Trinajstić information content (AvgIpc) is 2.38. The molecule has 0 aliphatic carbocycles. The molecule has 1 atom stereocenters. The zero-order valence-electron chi connectivity index (χ0n) is 9.72. The molecule has 1 unspecified atom stereocenters. The molecule has 92 valence electrons. The van der Waals surface area contributed by atoms with E-state index in [2.05, 4.69) is 0 Å². The third-order valence-corrected chi connectivity index (χ3v) is 4.15. The third-order valence-electron chi connectivity index (χ3n) is 2.48. The van der Waals surface area contributed by atoms with Crippen LogP contribution in [0.25, 0.3) is 0 Å². The highest BCUT2D eigenvalue weighted by Crippen LogP contribution is 2.27. The van der Waals surface area contributed by atoms with Crippen LogP contribution >= 0.6 is 11.6 Å². The second kappa shape index (κ2) is 5.57. The quantitative estimate of drug-likeness (QED) is 0.634. The summed E-state index contributed by atoms with van der Waals surface area (Å²) in [5.41, 5.74) is 0.446. The number of carbonyl (C=O) groups is 1. The van der Waals surface area contributed by atoms with E-state index in [0.717, 1.165) is 0 Å². The molecule has 2 aromatic carbocycles. The number of benzene rings is 2. The summed E-state index contributed by atoms with van der Waals surface area (Å²) in [5, 5.41) is 0.472. The maximum Gasteiger partial charge on any atom is 0.170 e. The van der Waals surface area contributed by atoms with Crippen LogP contribution in [0.2, 0.25) is 5.02 Å². The van der Waals surface area contributed by atoms with Crippen LogP contribution in [-0.2, 0) is 11.2 Å². The van der Waals surface area contributed by atoms with Gasteiger partial charge in [0.05, 0.1) is 5.56 Å². The van der Waals surface area contributed by atoms with Crippen LogP contribution in [0.3, 0.4) is 0 Å². The Labute approximate surface area is 114 Å². The Hall–Kier alpha value is -1.29. The number of hydrogen-bond acceptors (Lipinski definition) is 2. The highest BCUT2D eigenvalue weighted by molar-refractivity contribution is 7.91. The van der Waals surface area contributed by atoms with Gasteiger partial charge in [0.15, 0.2) is 15.6 Å². The van der Waals surface area contributed by atoms with Gasteiger partial charge in [0.2, 0.25) is 0 Å². The van der Waals surface area contributed by atoms with Crippen LogP contribution < -0.4 is 0 Å². The lowest BCUT2D eigenvalue weighted by atomic mass is 10.1. The Morgan fingerprint density at radius 1 is 1.17 bits per heavy atom. The summed E-state index contributed by atoms with van der Waals surface area (Å²) in [6, 6.07) is 13.8. The lowest BCUT2D eigenvalue weighted by Gasteiger charge is -2.12. The zero-order valence-corrected chi connectivity index (χ0v) is 11.3. The molecule has 2 nitrogen and oxygen atoms in total. The monoisotopic (exact) mass is 278 g/mol. The van der Waals surface area contributed by atoms with Gasteiger partial charge in [0.1, 0.15) is 0 Å². The van der Waals surface area contributed by atoms with Gasteiger partial charge in [0, 0.05) is 22.3 Å². The fourth-order valence-corrected chi connectivity index (χ4v) is 3.15. The highest BCUT2D eigenvalue weighted by atomic mass is 35.5. The number of ketones is 1. The smallest absolute Gasteiger partial charge is 0.170 e. The summed E-state index contributed by atoms with van der Waals surface area (Å²) >= 11 is 4.51. The van der Waals surface area contributed by atoms with E-state index in [1.807, 2.05) is 18.2 Å². The summed E-state index contributed by atoms with van der Waals surface area (Å²) in [6.07, 6.45) is 0. The Morgan fingerprint density at radius 2 is 1.83 bits per heavy atom. The first kappa shape index (κ1) is 13.1. The maximum absolute atomic E-state index is 12.4. The van der Waals surface area contributed by atoms with Crippen molar-refractivity contribution in [3.8, 4) is 0 Å². The number of hydrogen-bond donors (Lipinski definition) is 0. The summed E-state index contributed by atoms with van der Waals surface area (Å²) in [4.78, 5) is 12.7. The molecule has 2 aromatic rings. The van der Waals surface area contributed by atoms with Crippen molar-refractivity contribution in [1.29, 1.82) is 0 Å². The van der Waals surface area contributed by atoms with Crippen molar-refractivity contribution in [1.82, 2.24) is 0 Å². The zero-order chi connectivity index (χ0) is 13.1. The minimum atomic E-state index is -1.39. The molecule has 0 radical (unpaired) electrons. The van der Waals surface area contributed by atoms with E-state index in [-0.39, 0.29) is 5.78 Å². The Bertz CT molecular complexity index is 569. The highest BCUT2D eigenvalue weighted by Gasteiger charge is 2.21. The third kappa shape index (κ3) is 2.75. The predicted octanol–water partition coefficient (Wildman–Crippen LogP) is 3.71. The molecule has 0 heterocycles. The van der Waals surface area contributed by atoms with Gasteiger partial charge in [0.25, 0.3) is 0 Å². The van der Waals surface area contributed by atoms with Gasteiger partial charge in [-0.15, -0.1) is 0 Å². The predicted molar refractivity (Wildman–Crippen MR) is 72.6 cm³/mol. The van der Waals surface area contributed by atoms with Crippen molar-refractivity contribution in [3.63, 3.8) is 0 Å². The van der Waals surface area contributed by atoms with E-state index >= 15 is 0 Å². The number of carbonyl (C=O) groups excluding carboxylic acids is 1. The standard InChI is InChI=1S/C14H11ClO2S/c1-10(16)13-8-7-11(15)9-14(13)18(17)12-5-3-2-4-6-12/h2-9H,1H3. The molecule has 0 aliphatic rings. The molecule has 0 saturated carbocycles. The van der Waals surface area contributed by atoms with Crippen LogP contribution in [0.15, 0.2) is 58.3 Å². The van der Waals surface area contributed by atoms with E-state index in [1.165, 1.54) is 6.92 Å². The second-order valence-electron chi connectivity index (χ2n) is 3.78. The minimum Gasteiger partial charge on any atom is -0.606 e. The largest absolute Gasteiger partial charge is 0.606 e. The van der Waals surface area contributed by atoms with Gasteiger partial charge in [-0.1, -0.05) is 29.8 Å². The van der Waals surface area contributed by atoms with Gasteiger partial charge in [-0.2, -0.15) is 0 Å². The first-order valence-electron chi connectivity index (χ1n) is 5.37. The molecular weight excluding hydrogens is 268 g/mol. The van der Waals surface area contributed by atoms with E-state index < -0.39 is 11.2 Å². The van der Waals surface area contributed by atoms with Crippen LogP contribution in [0.1, 0.15) is 17.3 Å². The summed E-state index contributed by atoms with van der Waals surface area (Å²) in [6.45, 7) is 1.45. The van der Waals surface area contributed by atoms with Crippen LogP contribution in [0, 0.1) is 0 Å².